The third-order valence-corrected chi connectivity index (χ3v) is 3.07. The lowest BCUT2D eigenvalue weighted by atomic mass is 10.2. The molecule has 0 bridgehead atoms. The number of halogens is 2. The maximum atomic E-state index is 11.8. The van der Waals surface area contributed by atoms with E-state index in [9.17, 15) is 4.79 Å². The summed E-state index contributed by atoms with van der Waals surface area (Å²) in [5.74, 6) is -0.624. The summed E-state index contributed by atoms with van der Waals surface area (Å²) >= 11 is 11.7. The topological polar surface area (TPSA) is 81.9 Å². The monoisotopic (exact) mass is 307 g/mol. The summed E-state index contributed by atoms with van der Waals surface area (Å²) in [6, 6.07) is 11.5. The minimum atomic E-state index is -0.624. The van der Waals surface area contributed by atoms with Gasteiger partial charge in [0.15, 0.2) is 10.8 Å². The van der Waals surface area contributed by atoms with Gasteiger partial charge in [-0.25, -0.2) is 0 Å². The first-order valence-electron chi connectivity index (χ1n) is 5.54. The molecule has 5 nitrogen and oxygen atoms in total. The number of nitrogens with two attached hydrogens (primary N) is 1. The van der Waals surface area contributed by atoms with Crippen molar-refractivity contribution in [2.24, 2.45) is 10.2 Å². The van der Waals surface area contributed by atoms with Gasteiger partial charge in [-0.2, -0.15) is 0 Å². The molecular weight excluding hydrogens is 299 g/mol. The fraction of sp³-hybridized carbons (Fsp3) is 0. The van der Waals surface area contributed by atoms with Crippen molar-refractivity contribution in [1.29, 1.82) is 0 Å². The molecule has 0 unspecified atom stereocenters. The lowest BCUT2D eigenvalue weighted by Gasteiger charge is -1.99. The second kappa shape index (κ2) is 6.30. The molecule has 7 heteroatoms. The Labute approximate surface area is 124 Å². The molecule has 0 aliphatic heterocycles. The van der Waals surface area contributed by atoms with Crippen molar-refractivity contribution >= 4 is 40.5 Å². The average molecular weight is 308 g/mol. The molecule has 20 heavy (non-hydrogen) atoms. The number of amides is 1. The van der Waals surface area contributed by atoms with Gasteiger partial charge in [0.1, 0.15) is 0 Å². The molecule has 100 valence electrons. The van der Waals surface area contributed by atoms with Crippen molar-refractivity contribution in [3.8, 4) is 0 Å². The Balaban J connectivity index is 2.26. The van der Waals surface area contributed by atoms with E-state index in [0.717, 1.165) is 0 Å². The number of benzene rings is 2. The average Bonchev–Trinajstić information content (AvgIpc) is 2.44. The van der Waals surface area contributed by atoms with Crippen LogP contribution in [0.2, 0.25) is 10.0 Å². The van der Waals surface area contributed by atoms with Crippen LogP contribution < -0.4 is 10.6 Å². The minimum Gasteiger partial charge on any atom is -0.397 e. The van der Waals surface area contributed by atoms with Crippen LogP contribution in [-0.2, 0) is 0 Å². The quantitative estimate of drug-likeness (QED) is 0.516. The number of anilines is 1. The molecule has 0 atom stereocenters. The third kappa shape index (κ3) is 3.22. The van der Waals surface area contributed by atoms with E-state index in [-0.39, 0.29) is 16.3 Å². The van der Waals surface area contributed by atoms with Gasteiger partial charge in [0.2, 0.25) is 10.0 Å². The van der Waals surface area contributed by atoms with Crippen LogP contribution in [0.1, 0.15) is 10.4 Å². The summed E-state index contributed by atoms with van der Waals surface area (Å²) in [5.41, 5.74) is 6.44. The van der Waals surface area contributed by atoms with E-state index in [1.807, 2.05) is 0 Å². The zero-order valence-corrected chi connectivity index (χ0v) is 11.6. The summed E-state index contributed by atoms with van der Waals surface area (Å²) in [7, 11) is 0. The molecule has 0 heterocycles. The molecule has 0 saturated heterocycles. The van der Waals surface area contributed by atoms with E-state index < -0.39 is 5.91 Å². The van der Waals surface area contributed by atoms with Crippen molar-refractivity contribution in [3.63, 3.8) is 0 Å². The molecule has 0 aliphatic rings. The first-order chi connectivity index (χ1) is 9.59. The van der Waals surface area contributed by atoms with Gasteiger partial charge in [0, 0.05) is 0 Å². The number of nitrogens with zero attached hydrogens (tertiary/aromatic N) is 3. The van der Waals surface area contributed by atoms with Gasteiger partial charge in [-0.3, -0.25) is 4.79 Å². The standard InChI is InChI=1S/C13H8Cl2N4O/c14-9-5-1-2-7-11(9)17-19-18-13(20)8-4-3-6-10(15)12(8)16/h1-7H,(H-,16,20)/p+1. The van der Waals surface area contributed by atoms with E-state index in [1.165, 1.54) is 6.07 Å². The maximum absolute atomic E-state index is 11.8. The Morgan fingerprint density at radius 3 is 2.50 bits per heavy atom. The second-order valence-electron chi connectivity index (χ2n) is 3.75. The van der Waals surface area contributed by atoms with Gasteiger partial charge < -0.3 is 5.73 Å². The summed E-state index contributed by atoms with van der Waals surface area (Å²) in [6.45, 7) is 0. The van der Waals surface area contributed by atoms with Crippen LogP contribution in [0, 0.1) is 0 Å². The van der Waals surface area contributed by atoms with Gasteiger partial charge in [-0.15, -0.1) is 0 Å². The summed E-state index contributed by atoms with van der Waals surface area (Å²) in [4.78, 5) is 15.3. The van der Waals surface area contributed by atoms with Gasteiger partial charge in [0.05, 0.1) is 21.3 Å². The number of hydrogen-bond acceptors (Lipinski definition) is 3. The fourth-order valence-electron chi connectivity index (χ4n) is 1.42. The molecule has 0 radical (unpaired) electrons. The highest BCUT2D eigenvalue weighted by atomic mass is 35.5. The minimum absolute atomic E-state index is 0.163. The zero-order valence-electron chi connectivity index (χ0n) is 10.1. The van der Waals surface area contributed by atoms with Crippen LogP contribution in [0.4, 0.5) is 11.4 Å². The van der Waals surface area contributed by atoms with Crippen molar-refractivity contribution in [1.82, 2.24) is 4.91 Å². The number of hydrogen-bond donors (Lipinski definition) is 1. The van der Waals surface area contributed by atoms with Crippen LogP contribution in [-0.4, -0.2) is 5.91 Å². The summed E-state index contributed by atoms with van der Waals surface area (Å²) in [6.07, 6.45) is 0. The Morgan fingerprint density at radius 2 is 1.75 bits per heavy atom. The number of nitrogen functional groups attached to an aromatic ring is 1. The summed E-state index contributed by atoms with van der Waals surface area (Å²) in [5, 5.41) is 7.91. The van der Waals surface area contributed by atoms with Crippen LogP contribution in [0.25, 0.3) is 0 Å². The first kappa shape index (κ1) is 14.2. The number of rotatable bonds is 2. The summed E-state index contributed by atoms with van der Waals surface area (Å²) < 4.78 is 0. The Hall–Kier alpha value is -2.20. The SMILES string of the molecule is Nc1c(Cl)cccc1C(=O)N=[N+]=Nc1ccccc1Cl. The second-order valence-corrected chi connectivity index (χ2v) is 4.56. The number of carbonyl (C=O) groups excluding carboxylic acids is 1. The highest BCUT2D eigenvalue weighted by Crippen LogP contribution is 2.23. The molecule has 0 spiro atoms. The van der Waals surface area contributed by atoms with E-state index >= 15 is 0 Å². The van der Waals surface area contributed by atoms with E-state index in [4.69, 9.17) is 28.9 Å². The van der Waals surface area contributed by atoms with Crippen molar-refractivity contribution in [2.45, 2.75) is 0 Å². The highest BCUT2D eigenvalue weighted by molar-refractivity contribution is 6.34. The molecule has 2 rings (SSSR count). The Kier molecular flexibility index (Phi) is 4.48. The van der Waals surface area contributed by atoms with Gasteiger partial charge >= 0.3 is 5.91 Å². The van der Waals surface area contributed by atoms with Crippen molar-refractivity contribution in [3.05, 3.63) is 58.1 Å². The van der Waals surface area contributed by atoms with Crippen LogP contribution >= 0.6 is 23.2 Å². The van der Waals surface area contributed by atoms with Crippen molar-refractivity contribution in [2.75, 3.05) is 5.73 Å². The molecule has 0 fully saturated rings. The van der Waals surface area contributed by atoms with E-state index in [0.29, 0.717) is 10.7 Å². The van der Waals surface area contributed by atoms with Crippen LogP contribution in [0.15, 0.2) is 52.7 Å². The van der Waals surface area contributed by atoms with Gasteiger partial charge in [-0.05, 0) is 24.3 Å². The smallest absolute Gasteiger partial charge is 0.362 e. The lowest BCUT2D eigenvalue weighted by molar-refractivity contribution is 0.0993. The lowest BCUT2D eigenvalue weighted by Crippen LogP contribution is -2.01. The molecule has 0 saturated carbocycles. The molecular formula is C13H9Cl2N4O+. The fourth-order valence-corrected chi connectivity index (χ4v) is 1.77. The normalized spacial score (nSPS) is 9.70. The largest absolute Gasteiger partial charge is 0.397 e. The predicted octanol–water partition coefficient (Wildman–Crippen LogP) is 4.02. The van der Waals surface area contributed by atoms with Gasteiger partial charge in [-0.1, -0.05) is 41.4 Å². The molecule has 0 aliphatic carbocycles. The molecule has 1 amide bonds. The molecule has 0 aromatic heterocycles. The van der Waals surface area contributed by atoms with E-state index in [1.54, 1.807) is 36.4 Å². The number of para-hydroxylation sites is 1. The first-order valence-corrected chi connectivity index (χ1v) is 6.30. The third-order valence-electron chi connectivity index (χ3n) is 2.42. The number of carbonyl (C=O) groups is 1. The van der Waals surface area contributed by atoms with Crippen molar-refractivity contribution < 1.29 is 4.79 Å². The molecule has 2 N–H and O–H groups in total. The zero-order chi connectivity index (χ0) is 14.5. The van der Waals surface area contributed by atoms with Gasteiger partial charge in [0.25, 0.3) is 0 Å². The van der Waals surface area contributed by atoms with Crippen LogP contribution in [0.5, 0.6) is 0 Å². The van der Waals surface area contributed by atoms with Crippen LogP contribution in [0.3, 0.4) is 0 Å². The predicted molar refractivity (Wildman–Crippen MR) is 78.3 cm³/mol. The van der Waals surface area contributed by atoms with E-state index in [2.05, 4.69) is 15.1 Å². The molecule has 2 aromatic rings. The Morgan fingerprint density at radius 1 is 1.05 bits per heavy atom. The highest BCUT2D eigenvalue weighted by Gasteiger charge is 2.15. The maximum Gasteiger partial charge on any atom is 0.362 e. The molecule has 2 aromatic carbocycles. The Bertz CT molecular complexity index is 724.